The minimum absolute atomic E-state index is 0.369. The molecule has 1 aromatic rings. The summed E-state index contributed by atoms with van der Waals surface area (Å²) in [6, 6.07) is 3.58. The molecule has 0 saturated heterocycles. The maximum atomic E-state index is 10.9. The molecule has 66 valence electrons. The minimum Gasteiger partial charge on any atom is -0.467 e. The molecule has 0 spiro atoms. The van der Waals surface area contributed by atoms with Gasteiger partial charge in [0.15, 0.2) is 0 Å². The minimum atomic E-state index is -0.369. The van der Waals surface area contributed by atoms with Crippen LogP contribution >= 0.6 is 0 Å². The lowest BCUT2D eigenvalue weighted by molar-refractivity contribution is 0.128. The highest BCUT2D eigenvalue weighted by molar-refractivity contribution is 5.66. The molecule has 0 aromatic carbocycles. The zero-order chi connectivity index (χ0) is 8.97. The molecule has 12 heavy (non-hydrogen) atoms. The van der Waals surface area contributed by atoms with Crippen molar-refractivity contribution in [1.29, 1.82) is 0 Å². The monoisotopic (exact) mass is 169 g/mol. The molecule has 1 amide bonds. The van der Waals surface area contributed by atoms with Crippen LogP contribution in [-0.2, 0) is 11.3 Å². The average Bonchev–Trinajstić information content (AvgIpc) is 2.55. The average molecular weight is 169 g/mol. The molecular formula is C8H11NO3. The van der Waals surface area contributed by atoms with E-state index >= 15 is 0 Å². The van der Waals surface area contributed by atoms with Crippen molar-refractivity contribution in [3.8, 4) is 0 Å². The SMILES string of the molecule is COC(=O)N(C)Cc1ccco1. The van der Waals surface area contributed by atoms with E-state index in [-0.39, 0.29) is 6.09 Å². The fourth-order valence-corrected chi connectivity index (χ4v) is 0.857. The molecular weight excluding hydrogens is 158 g/mol. The van der Waals surface area contributed by atoms with Gasteiger partial charge >= 0.3 is 6.09 Å². The zero-order valence-corrected chi connectivity index (χ0v) is 7.11. The van der Waals surface area contributed by atoms with Crippen molar-refractivity contribution in [2.24, 2.45) is 0 Å². The highest BCUT2D eigenvalue weighted by atomic mass is 16.5. The molecule has 0 radical (unpaired) electrons. The molecule has 4 heteroatoms. The molecule has 0 saturated carbocycles. The highest BCUT2D eigenvalue weighted by Gasteiger charge is 2.09. The van der Waals surface area contributed by atoms with Gasteiger partial charge < -0.3 is 14.1 Å². The van der Waals surface area contributed by atoms with Gasteiger partial charge in [-0.1, -0.05) is 0 Å². The predicted molar refractivity (Wildman–Crippen MR) is 42.6 cm³/mol. The summed E-state index contributed by atoms with van der Waals surface area (Å²) in [5.74, 6) is 0.739. The number of furan rings is 1. The molecule has 0 aliphatic carbocycles. The lowest BCUT2D eigenvalue weighted by Gasteiger charge is -2.12. The fourth-order valence-electron chi connectivity index (χ4n) is 0.857. The summed E-state index contributed by atoms with van der Waals surface area (Å²) in [5, 5.41) is 0. The Kier molecular flexibility index (Phi) is 2.74. The second kappa shape index (κ2) is 3.80. The Hall–Kier alpha value is -1.45. The van der Waals surface area contributed by atoms with Crippen LogP contribution in [0.2, 0.25) is 0 Å². The smallest absolute Gasteiger partial charge is 0.409 e. The van der Waals surface area contributed by atoms with Crippen LogP contribution in [-0.4, -0.2) is 25.2 Å². The van der Waals surface area contributed by atoms with Crippen LogP contribution in [0.1, 0.15) is 5.76 Å². The number of rotatable bonds is 2. The van der Waals surface area contributed by atoms with E-state index in [1.165, 1.54) is 12.0 Å². The van der Waals surface area contributed by atoms with Gasteiger partial charge in [0.25, 0.3) is 0 Å². The molecule has 0 fully saturated rings. The second-order valence-electron chi connectivity index (χ2n) is 2.41. The van der Waals surface area contributed by atoms with Gasteiger partial charge in [-0.25, -0.2) is 4.79 Å². The fraction of sp³-hybridized carbons (Fsp3) is 0.375. The molecule has 0 atom stereocenters. The number of ether oxygens (including phenoxy) is 1. The molecule has 1 aromatic heterocycles. The van der Waals surface area contributed by atoms with Crippen LogP contribution in [0.15, 0.2) is 22.8 Å². The Balaban J connectivity index is 2.47. The summed E-state index contributed by atoms with van der Waals surface area (Å²) < 4.78 is 9.56. The Morgan fingerprint density at radius 1 is 1.75 bits per heavy atom. The third-order valence-electron chi connectivity index (χ3n) is 1.46. The van der Waals surface area contributed by atoms with Crippen molar-refractivity contribution in [1.82, 2.24) is 4.90 Å². The molecule has 0 bridgehead atoms. The maximum absolute atomic E-state index is 10.9. The van der Waals surface area contributed by atoms with Gasteiger partial charge in [-0.15, -0.1) is 0 Å². The van der Waals surface area contributed by atoms with Gasteiger partial charge in [0, 0.05) is 7.05 Å². The van der Waals surface area contributed by atoms with Crippen molar-refractivity contribution in [3.63, 3.8) is 0 Å². The molecule has 0 aliphatic heterocycles. The van der Waals surface area contributed by atoms with Crippen LogP contribution in [0.25, 0.3) is 0 Å². The van der Waals surface area contributed by atoms with Gasteiger partial charge in [0.1, 0.15) is 5.76 Å². The van der Waals surface area contributed by atoms with E-state index in [2.05, 4.69) is 4.74 Å². The third-order valence-corrected chi connectivity index (χ3v) is 1.46. The van der Waals surface area contributed by atoms with Crippen molar-refractivity contribution < 1.29 is 13.9 Å². The van der Waals surface area contributed by atoms with E-state index in [1.807, 2.05) is 0 Å². The van der Waals surface area contributed by atoms with Gasteiger partial charge in [-0.2, -0.15) is 0 Å². The Morgan fingerprint density at radius 3 is 3.00 bits per heavy atom. The normalized spacial score (nSPS) is 9.50. The Bertz CT molecular complexity index is 243. The van der Waals surface area contributed by atoms with E-state index in [9.17, 15) is 4.79 Å². The van der Waals surface area contributed by atoms with E-state index in [0.29, 0.717) is 6.54 Å². The molecule has 0 aliphatic rings. The third kappa shape index (κ3) is 2.02. The first-order valence-electron chi connectivity index (χ1n) is 3.55. The number of hydrogen-bond donors (Lipinski definition) is 0. The van der Waals surface area contributed by atoms with Gasteiger partial charge in [0.2, 0.25) is 0 Å². The summed E-state index contributed by atoms with van der Waals surface area (Å²) in [7, 11) is 3.00. The summed E-state index contributed by atoms with van der Waals surface area (Å²) in [4.78, 5) is 12.3. The topological polar surface area (TPSA) is 42.7 Å². The lowest BCUT2D eigenvalue weighted by Crippen LogP contribution is -2.25. The number of carbonyl (C=O) groups excluding carboxylic acids is 1. The van der Waals surface area contributed by atoms with Crippen LogP contribution in [0.4, 0.5) is 4.79 Å². The van der Waals surface area contributed by atoms with Crippen molar-refractivity contribution in [2.75, 3.05) is 14.2 Å². The number of amides is 1. The first-order valence-corrected chi connectivity index (χ1v) is 3.55. The summed E-state index contributed by atoms with van der Waals surface area (Å²) in [6.07, 6.45) is 1.20. The summed E-state index contributed by atoms with van der Waals surface area (Å²) >= 11 is 0. The molecule has 1 heterocycles. The van der Waals surface area contributed by atoms with Crippen molar-refractivity contribution >= 4 is 6.09 Å². The van der Waals surface area contributed by atoms with E-state index in [1.54, 1.807) is 25.4 Å². The van der Waals surface area contributed by atoms with Gasteiger partial charge in [-0.3, -0.25) is 0 Å². The van der Waals surface area contributed by atoms with E-state index in [4.69, 9.17) is 4.42 Å². The van der Waals surface area contributed by atoms with Gasteiger partial charge in [0.05, 0.1) is 19.9 Å². The molecule has 0 unspecified atom stereocenters. The first-order chi connectivity index (χ1) is 5.74. The van der Waals surface area contributed by atoms with E-state index in [0.717, 1.165) is 5.76 Å². The second-order valence-corrected chi connectivity index (χ2v) is 2.41. The molecule has 1 rings (SSSR count). The molecule has 4 nitrogen and oxygen atoms in total. The maximum Gasteiger partial charge on any atom is 0.409 e. The number of methoxy groups -OCH3 is 1. The number of carbonyl (C=O) groups is 1. The van der Waals surface area contributed by atoms with Crippen molar-refractivity contribution in [2.45, 2.75) is 6.54 Å². The quantitative estimate of drug-likeness (QED) is 0.673. The number of nitrogens with zero attached hydrogens (tertiary/aromatic N) is 1. The Labute approximate surface area is 70.7 Å². The summed E-state index contributed by atoms with van der Waals surface area (Å²) in [6.45, 7) is 0.430. The van der Waals surface area contributed by atoms with Crippen molar-refractivity contribution in [3.05, 3.63) is 24.2 Å². The summed E-state index contributed by atoms with van der Waals surface area (Å²) in [5.41, 5.74) is 0. The highest BCUT2D eigenvalue weighted by Crippen LogP contribution is 2.03. The van der Waals surface area contributed by atoms with Crippen LogP contribution < -0.4 is 0 Å². The van der Waals surface area contributed by atoms with Crippen LogP contribution in [0.3, 0.4) is 0 Å². The Morgan fingerprint density at radius 2 is 2.50 bits per heavy atom. The predicted octanol–water partition coefficient (Wildman–Crippen LogP) is 1.48. The largest absolute Gasteiger partial charge is 0.467 e. The zero-order valence-electron chi connectivity index (χ0n) is 7.11. The molecule has 0 N–H and O–H groups in total. The first kappa shape index (κ1) is 8.64. The lowest BCUT2D eigenvalue weighted by atomic mass is 10.4. The van der Waals surface area contributed by atoms with Crippen LogP contribution in [0.5, 0.6) is 0 Å². The standard InChI is InChI=1S/C8H11NO3/c1-9(8(10)11-2)6-7-4-3-5-12-7/h3-5H,6H2,1-2H3. The van der Waals surface area contributed by atoms with E-state index < -0.39 is 0 Å². The van der Waals surface area contributed by atoms with Gasteiger partial charge in [-0.05, 0) is 12.1 Å². The number of hydrogen-bond acceptors (Lipinski definition) is 3. The van der Waals surface area contributed by atoms with Crippen LogP contribution in [0, 0.1) is 0 Å².